The molecule has 1 aromatic carbocycles. The van der Waals surface area contributed by atoms with Crippen molar-refractivity contribution in [2.75, 3.05) is 25.0 Å². The van der Waals surface area contributed by atoms with Gasteiger partial charge in [0, 0.05) is 37.7 Å². The van der Waals surface area contributed by atoms with Crippen molar-refractivity contribution < 1.29 is 9.59 Å². The number of nitrogens with one attached hydrogen (secondary N) is 2. The van der Waals surface area contributed by atoms with E-state index >= 15 is 0 Å². The fourth-order valence-electron chi connectivity index (χ4n) is 3.59. The highest BCUT2D eigenvalue weighted by Gasteiger charge is 2.17. The highest BCUT2D eigenvalue weighted by Crippen LogP contribution is 2.16. The molecule has 30 heavy (non-hydrogen) atoms. The van der Waals surface area contributed by atoms with E-state index in [9.17, 15) is 9.59 Å². The van der Waals surface area contributed by atoms with Gasteiger partial charge < -0.3 is 10.6 Å². The second-order valence-electron chi connectivity index (χ2n) is 7.91. The molecule has 1 aliphatic heterocycles. The van der Waals surface area contributed by atoms with E-state index in [1.54, 1.807) is 0 Å². The second kappa shape index (κ2) is 11.2. The van der Waals surface area contributed by atoms with E-state index in [1.807, 2.05) is 31.2 Å². The van der Waals surface area contributed by atoms with E-state index in [2.05, 4.69) is 32.7 Å². The number of amides is 2. The van der Waals surface area contributed by atoms with Gasteiger partial charge in [0.2, 0.25) is 10.9 Å². The Labute approximate surface area is 182 Å². The average molecular weight is 430 g/mol. The minimum Gasteiger partial charge on any atom is -0.355 e. The summed E-state index contributed by atoms with van der Waals surface area (Å²) >= 11 is 1.28. The zero-order valence-electron chi connectivity index (χ0n) is 17.8. The lowest BCUT2D eigenvalue weighted by molar-refractivity contribution is -0.121. The number of likely N-dealkylation sites (tertiary alicyclic amines) is 1. The van der Waals surface area contributed by atoms with E-state index in [1.165, 1.54) is 30.6 Å². The predicted molar refractivity (Wildman–Crippen MR) is 120 cm³/mol. The zero-order chi connectivity index (χ0) is 21.3. The number of hydrogen-bond donors (Lipinski definition) is 2. The first-order chi connectivity index (χ1) is 14.5. The third kappa shape index (κ3) is 6.88. The van der Waals surface area contributed by atoms with Crippen LogP contribution in [-0.2, 0) is 11.2 Å². The van der Waals surface area contributed by atoms with Crippen LogP contribution in [0.25, 0.3) is 0 Å². The molecule has 0 spiro atoms. The molecule has 0 radical (unpaired) electrons. The minimum atomic E-state index is -0.257. The summed E-state index contributed by atoms with van der Waals surface area (Å²) in [7, 11) is 0. The van der Waals surface area contributed by atoms with Crippen molar-refractivity contribution in [3.63, 3.8) is 0 Å². The van der Waals surface area contributed by atoms with Crippen LogP contribution in [-0.4, -0.2) is 52.6 Å². The van der Waals surface area contributed by atoms with Crippen LogP contribution in [0.5, 0.6) is 0 Å². The van der Waals surface area contributed by atoms with Gasteiger partial charge in [0.25, 0.3) is 5.91 Å². The smallest absolute Gasteiger partial charge is 0.286 e. The molecule has 2 heterocycles. The monoisotopic (exact) mass is 429 g/mol. The number of anilines is 1. The number of carbonyl (C=O) groups excluding carboxylic acids is 2. The lowest BCUT2D eigenvalue weighted by atomic mass is 10.0. The molecule has 0 unspecified atom stereocenters. The number of aromatic nitrogens is 2. The molecule has 162 valence electrons. The molecule has 0 aliphatic carbocycles. The van der Waals surface area contributed by atoms with Crippen molar-refractivity contribution in [2.24, 2.45) is 0 Å². The Morgan fingerprint density at radius 3 is 2.77 bits per heavy atom. The Balaban J connectivity index is 1.34. The lowest BCUT2D eigenvalue weighted by Crippen LogP contribution is -2.42. The first-order valence-corrected chi connectivity index (χ1v) is 11.5. The van der Waals surface area contributed by atoms with E-state index in [0.717, 1.165) is 29.3 Å². The highest BCUT2D eigenvalue weighted by molar-refractivity contribution is 7.13. The van der Waals surface area contributed by atoms with Gasteiger partial charge in [-0.1, -0.05) is 35.5 Å². The molecule has 0 bridgehead atoms. The van der Waals surface area contributed by atoms with Crippen LogP contribution in [0.15, 0.2) is 24.3 Å². The number of nitrogens with zero attached hydrogens (tertiary/aromatic N) is 3. The summed E-state index contributed by atoms with van der Waals surface area (Å²) < 4.78 is 0. The van der Waals surface area contributed by atoms with Gasteiger partial charge in [-0.2, -0.15) is 0 Å². The summed E-state index contributed by atoms with van der Waals surface area (Å²) in [6.07, 6.45) is 5.61. The summed E-state index contributed by atoms with van der Waals surface area (Å²) in [5.41, 5.74) is 1.87. The van der Waals surface area contributed by atoms with E-state index in [4.69, 9.17) is 0 Å². The first-order valence-electron chi connectivity index (χ1n) is 10.7. The molecule has 2 aromatic rings. The lowest BCUT2D eigenvalue weighted by Gasteiger charge is -2.33. The van der Waals surface area contributed by atoms with Crippen LogP contribution >= 0.6 is 11.3 Å². The Morgan fingerprint density at radius 2 is 2.00 bits per heavy atom. The molecule has 2 amide bonds. The number of rotatable bonds is 9. The van der Waals surface area contributed by atoms with Crippen molar-refractivity contribution in [1.29, 1.82) is 0 Å². The van der Waals surface area contributed by atoms with E-state index in [-0.39, 0.29) is 11.8 Å². The molecule has 1 aliphatic rings. The molecule has 3 rings (SSSR count). The summed E-state index contributed by atoms with van der Waals surface area (Å²) in [6.45, 7) is 7.01. The van der Waals surface area contributed by atoms with Gasteiger partial charge in [0.05, 0.1) is 0 Å². The quantitative estimate of drug-likeness (QED) is 0.638. The van der Waals surface area contributed by atoms with E-state index < -0.39 is 0 Å². The van der Waals surface area contributed by atoms with Crippen LogP contribution in [0.1, 0.15) is 59.4 Å². The molecule has 1 saturated heterocycles. The van der Waals surface area contributed by atoms with Gasteiger partial charge in [-0.3, -0.25) is 14.5 Å². The first kappa shape index (κ1) is 22.4. The Bertz CT molecular complexity index is 836. The second-order valence-corrected chi connectivity index (χ2v) is 8.97. The standard InChI is InChI=1S/C22H31N5O2S/c1-16-9-11-18(12-10-16)24-21(29)22-26-25-20(30-22)8-5-7-19(28)23-13-15-27-14-4-3-6-17(27)2/h9-12,17H,3-8,13-15H2,1-2H3,(H,23,28)(H,24,29)/t17-/m1/s1. The Morgan fingerprint density at radius 1 is 1.20 bits per heavy atom. The summed E-state index contributed by atoms with van der Waals surface area (Å²) in [6, 6.07) is 8.23. The predicted octanol–water partition coefficient (Wildman–Crippen LogP) is 3.41. The van der Waals surface area contributed by atoms with Crippen LogP contribution in [0, 0.1) is 6.92 Å². The van der Waals surface area contributed by atoms with Crippen LogP contribution < -0.4 is 10.6 Å². The maximum atomic E-state index is 12.3. The number of benzene rings is 1. The minimum absolute atomic E-state index is 0.0708. The van der Waals surface area contributed by atoms with Crippen molar-refractivity contribution in [3.05, 3.63) is 39.8 Å². The Hall–Kier alpha value is -2.32. The van der Waals surface area contributed by atoms with Crippen LogP contribution in [0.3, 0.4) is 0 Å². The normalized spacial score (nSPS) is 16.9. The van der Waals surface area contributed by atoms with Gasteiger partial charge in [-0.05, 0) is 51.8 Å². The fraction of sp³-hybridized carbons (Fsp3) is 0.545. The van der Waals surface area contributed by atoms with Crippen molar-refractivity contribution in [2.45, 2.75) is 58.4 Å². The zero-order valence-corrected chi connectivity index (χ0v) is 18.6. The molecule has 2 N–H and O–H groups in total. The summed E-state index contributed by atoms with van der Waals surface area (Å²) in [5, 5.41) is 15.0. The summed E-state index contributed by atoms with van der Waals surface area (Å²) in [4.78, 5) is 26.8. The van der Waals surface area contributed by atoms with Crippen LogP contribution in [0.4, 0.5) is 5.69 Å². The van der Waals surface area contributed by atoms with Crippen LogP contribution in [0.2, 0.25) is 0 Å². The third-order valence-corrected chi connectivity index (χ3v) is 6.41. The molecule has 8 heteroatoms. The van der Waals surface area contributed by atoms with Gasteiger partial charge in [-0.25, -0.2) is 0 Å². The third-order valence-electron chi connectivity index (χ3n) is 5.43. The van der Waals surface area contributed by atoms with Crippen molar-refractivity contribution in [3.8, 4) is 0 Å². The van der Waals surface area contributed by atoms with Gasteiger partial charge in [0.1, 0.15) is 5.01 Å². The van der Waals surface area contributed by atoms with Gasteiger partial charge in [0.15, 0.2) is 0 Å². The fourth-order valence-corrected chi connectivity index (χ4v) is 4.36. The number of hydrogen-bond acceptors (Lipinski definition) is 6. The highest BCUT2D eigenvalue weighted by atomic mass is 32.1. The molecule has 7 nitrogen and oxygen atoms in total. The molecule has 1 fully saturated rings. The average Bonchev–Trinajstić information content (AvgIpc) is 3.20. The van der Waals surface area contributed by atoms with E-state index in [0.29, 0.717) is 36.9 Å². The molecule has 0 saturated carbocycles. The maximum absolute atomic E-state index is 12.3. The summed E-state index contributed by atoms with van der Waals surface area (Å²) in [5.74, 6) is -0.186. The number of piperidine rings is 1. The van der Waals surface area contributed by atoms with Crippen molar-refractivity contribution >= 4 is 28.8 Å². The SMILES string of the molecule is Cc1ccc(NC(=O)c2nnc(CCCC(=O)NCCN3CCCC[C@H]3C)s2)cc1. The number of carbonyl (C=O) groups is 2. The van der Waals surface area contributed by atoms with Gasteiger partial charge >= 0.3 is 0 Å². The Kier molecular flexibility index (Phi) is 8.33. The molecule has 1 aromatic heterocycles. The van der Waals surface area contributed by atoms with Crippen molar-refractivity contribution in [1.82, 2.24) is 20.4 Å². The maximum Gasteiger partial charge on any atom is 0.286 e. The topological polar surface area (TPSA) is 87.2 Å². The largest absolute Gasteiger partial charge is 0.355 e. The molecule has 1 atom stereocenters. The van der Waals surface area contributed by atoms with Gasteiger partial charge in [-0.15, -0.1) is 10.2 Å². The molecular weight excluding hydrogens is 398 g/mol. The number of aryl methyl sites for hydroxylation is 2. The molecular formula is C22H31N5O2S.